The minimum atomic E-state index is -4.16. The summed E-state index contributed by atoms with van der Waals surface area (Å²) in [5, 5.41) is 0.256. The largest absolute Gasteiger partial charge is 0.398 e. The van der Waals surface area contributed by atoms with Gasteiger partial charge >= 0.3 is 0 Å². The molecule has 4 rings (SSSR count). The molecule has 1 atom stereocenters. The molecule has 5 nitrogen and oxygen atoms in total. The van der Waals surface area contributed by atoms with Gasteiger partial charge in [-0.25, -0.2) is 17.1 Å². The lowest BCUT2D eigenvalue weighted by molar-refractivity contribution is -0.125. The quantitative estimate of drug-likeness (QED) is 0.475. The number of aryl methyl sites for hydroxylation is 1. The summed E-state index contributed by atoms with van der Waals surface area (Å²) < 4.78 is 42.6. The van der Waals surface area contributed by atoms with Gasteiger partial charge in [-0.1, -0.05) is 45.2 Å². The Balaban J connectivity index is 1.92. The molecule has 1 amide bonds. The van der Waals surface area contributed by atoms with Crippen LogP contribution in [-0.2, 0) is 21.2 Å². The van der Waals surface area contributed by atoms with E-state index in [-0.39, 0.29) is 22.9 Å². The smallest absolute Gasteiger partial charge is 0.266 e. The van der Waals surface area contributed by atoms with Crippen molar-refractivity contribution in [3.05, 3.63) is 92.2 Å². The maximum absolute atomic E-state index is 14.2. The number of carbonyl (C=O) groups is 1. The van der Waals surface area contributed by atoms with Crippen LogP contribution in [0.2, 0.25) is 5.02 Å². The van der Waals surface area contributed by atoms with Gasteiger partial charge in [-0.2, -0.15) is 0 Å². The molecule has 32 heavy (non-hydrogen) atoms. The molecule has 2 N–H and O–H groups in total. The van der Waals surface area contributed by atoms with Crippen LogP contribution >= 0.6 is 27.5 Å². The number of hydrogen-bond acceptors (Lipinski definition) is 4. The van der Waals surface area contributed by atoms with Crippen molar-refractivity contribution < 1.29 is 17.6 Å². The van der Waals surface area contributed by atoms with E-state index in [0.717, 1.165) is 9.87 Å². The Morgan fingerprint density at radius 3 is 2.50 bits per heavy atom. The average molecular weight is 538 g/mol. The lowest BCUT2D eigenvalue weighted by Crippen LogP contribution is -2.39. The van der Waals surface area contributed by atoms with Gasteiger partial charge in [0.2, 0.25) is 5.91 Å². The Labute approximate surface area is 199 Å². The molecule has 9 heteroatoms. The second-order valence-corrected chi connectivity index (χ2v) is 10.9. The van der Waals surface area contributed by atoms with Crippen molar-refractivity contribution in [1.29, 1.82) is 0 Å². The van der Waals surface area contributed by atoms with E-state index in [1.807, 2.05) is 6.92 Å². The number of amides is 1. The topological polar surface area (TPSA) is 80.5 Å². The number of nitrogen functional groups attached to an aromatic ring is 1. The molecule has 0 aliphatic carbocycles. The van der Waals surface area contributed by atoms with E-state index in [2.05, 4.69) is 15.9 Å². The fourth-order valence-corrected chi connectivity index (χ4v) is 6.17. The first-order valence-corrected chi connectivity index (χ1v) is 12.3. The van der Waals surface area contributed by atoms with Crippen LogP contribution in [0.25, 0.3) is 0 Å². The highest BCUT2D eigenvalue weighted by atomic mass is 79.9. The number of rotatable bonds is 3. The summed E-state index contributed by atoms with van der Waals surface area (Å²) >= 11 is 9.77. The van der Waals surface area contributed by atoms with E-state index in [1.165, 1.54) is 30.3 Å². The van der Waals surface area contributed by atoms with Gasteiger partial charge in [0.1, 0.15) is 5.82 Å². The molecule has 3 aromatic carbocycles. The number of carbonyl (C=O) groups excluding carboxylic acids is 1. The van der Waals surface area contributed by atoms with Crippen LogP contribution in [0.15, 0.2) is 64.0 Å². The fourth-order valence-electron chi connectivity index (χ4n) is 3.98. The number of sulfonamides is 1. The van der Waals surface area contributed by atoms with Gasteiger partial charge in [0.25, 0.3) is 10.0 Å². The summed E-state index contributed by atoms with van der Waals surface area (Å²) in [6.07, 6.45) is -0.173. The van der Waals surface area contributed by atoms with Gasteiger partial charge in [-0.15, -0.1) is 0 Å². The molecular formula is C23H19BrClFN2O3S. The first-order valence-electron chi connectivity index (χ1n) is 9.73. The summed E-state index contributed by atoms with van der Waals surface area (Å²) in [6.45, 7) is 1.59. The van der Waals surface area contributed by atoms with Crippen LogP contribution < -0.4 is 5.73 Å². The Hall–Kier alpha value is -2.42. The van der Waals surface area contributed by atoms with Crippen molar-refractivity contribution in [2.24, 2.45) is 0 Å². The number of hydrogen-bond donors (Lipinski definition) is 1. The molecule has 3 aromatic rings. The molecule has 1 aliphatic rings. The summed E-state index contributed by atoms with van der Waals surface area (Å²) in [6, 6.07) is 13.5. The minimum absolute atomic E-state index is 0.000600. The maximum Gasteiger partial charge on any atom is 0.266 e. The summed E-state index contributed by atoms with van der Waals surface area (Å²) in [7, 11) is -4.16. The second-order valence-electron chi connectivity index (χ2n) is 7.71. The molecule has 0 bridgehead atoms. The van der Waals surface area contributed by atoms with Crippen LogP contribution in [0.1, 0.15) is 28.2 Å². The summed E-state index contributed by atoms with van der Waals surface area (Å²) in [5.74, 6) is -1.86. The lowest BCUT2D eigenvalue weighted by Gasteiger charge is -2.26. The Morgan fingerprint density at radius 2 is 1.81 bits per heavy atom. The normalized spacial score (nSPS) is 16.6. The van der Waals surface area contributed by atoms with Gasteiger partial charge in [-0.3, -0.25) is 4.79 Å². The Kier molecular flexibility index (Phi) is 6.04. The SMILES string of the molecule is Cc1ccc(S(=O)(=O)N2CC(c3cc(F)ccc3Cl)c3c(N)cc(Br)cc3CC2=O)cc1. The van der Waals surface area contributed by atoms with Gasteiger partial charge in [0, 0.05) is 27.6 Å². The zero-order valence-corrected chi connectivity index (χ0v) is 20.1. The fraction of sp³-hybridized carbons (Fsp3) is 0.174. The summed E-state index contributed by atoms with van der Waals surface area (Å²) in [5.41, 5.74) is 9.05. The molecule has 0 fully saturated rings. The molecule has 0 spiro atoms. The highest BCUT2D eigenvalue weighted by Gasteiger charge is 2.38. The van der Waals surface area contributed by atoms with E-state index in [9.17, 15) is 17.6 Å². The third kappa shape index (κ3) is 4.14. The highest BCUT2D eigenvalue weighted by molar-refractivity contribution is 9.10. The molecule has 166 valence electrons. The molecule has 1 unspecified atom stereocenters. The van der Waals surface area contributed by atoms with Gasteiger partial charge in [-0.05, 0) is 66.1 Å². The van der Waals surface area contributed by atoms with Crippen molar-refractivity contribution in [1.82, 2.24) is 4.31 Å². The molecule has 0 saturated heterocycles. The zero-order valence-electron chi connectivity index (χ0n) is 17.0. The summed E-state index contributed by atoms with van der Waals surface area (Å²) in [4.78, 5) is 13.2. The lowest BCUT2D eigenvalue weighted by atomic mass is 9.87. The van der Waals surface area contributed by atoms with E-state index < -0.39 is 27.7 Å². The third-order valence-electron chi connectivity index (χ3n) is 5.52. The van der Waals surface area contributed by atoms with Crippen molar-refractivity contribution in [2.75, 3.05) is 12.3 Å². The Bertz CT molecular complexity index is 1330. The number of nitrogens with two attached hydrogens (primary N) is 1. The third-order valence-corrected chi connectivity index (χ3v) is 8.12. The van der Waals surface area contributed by atoms with Crippen molar-refractivity contribution in [3.8, 4) is 0 Å². The molecule has 0 saturated carbocycles. The van der Waals surface area contributed by atoms with Crippen LogP contribution in [0.3, 0.4) is 0 Å². The number of benzene rings is 3. The standard InChI is InChI=1S/C23H19BrClFN2O3S/c1-13-2-5-17(6-3-13)32(30,31)28-12-19(18-11-16(26)4-7-20(18)25)23-14(9-22(28)29)8-15(24)10-21(23)27/h2-8,10-11,19H,9,12,27H2,1H3. The number of fused-ring (bicyclic) bond motifs is 1. The van der Waals surface area contributed by atoms with E-state index in [0.29, 0.717) is 26.9 Å². The van der Waals surface area contributed by atoms with Crippen molar-refractivity contribution >= 4 is 49.1 Å². The number of nitrogens with zero attached hydrogens (tertiary/aromatic N) is 1. The first kappa shape index (κ1) is 22.8. The number of halogens is 3. The zero-order chi connectivity index (χ0) is 23.2. The van der Waals surface area contributed by atoms with Gasteiger partial charge in [0.15, 0.2) is 0 Å². The average Bonchev–Trinajstić information content (AvgIpc) is 2.86. The molecule has 0 radical (unpaired) electrons. The predicted octanol–water partition coefficient (Wildman–Crippen LogP) is 5.04. The van der Waals surface area contributed by atoms with Crippen molar-refractivity contribution in [3.63, 3.8) is 0 Å². The van der Waals surface area contributed by atoms with Crippen LogP contribution in [0, 0.1) is 12.7 Å². The van der Waals surface area contributed by atoms with E-state index in [1.54, 1.807) is 24.3 Å². The van der Waals surface area contributed by atoms with Crippen LogP contribution in [0.4, 0.5) is 10.1 Å². The Morgan fingerprint density at radius 1 is 1.12 bits per heavy atom. The van der Waals surface area contributed by atoms with Crippen molar-refractivity contribution in [2.45, 2.75) is 24.2 Å². The molecule has 1 aliphatic heterocycles. The first-order chi connectivity index (χ1) is 15.1. The monoisotopic (exact) mass is 536 g/mol. The van der Waals surface area contributed by atoms with Gasteiger partial charge < -0.3 is 5.73 Å². The van der Waals surface area contributed by atoms with Crippen LogP contribution in [0.5, 0.6) is 0 Å². The van der Waals surface area contributed by atoms with E-state index >= 15 is 0 Å². The molecule has 0 aromatic heterocycles. The number of anilines is 1. The van der Waals surface area contributed by atoms with Crippen LogP contribution in [-0.4, -0.2) is 25.2 Å². The molecule has 1 heterocycles. The maximum atomic E-state index is 14.2. The highest BCUT2D eigenvalue weighted by Crippen LogP contribution is 2.41. The van der Waals surface area contributed by atoms with Gasteiger partial charge in [0.05, 0.1) is 11.3 Å². The molecular weight excluding hydrogens is 519 g/mol. The predicted molar refractivity (Wildman–Crippen MR) is 126 cm³/mol. The van der Waals surface area contributed by atoms with E-state index in [4.69, 9.17) is 17.3 Å². The minimum Gasteiger partial charge on any atom is -0.398 e. The second kappa shape index (κ2) is 8.50.